The third kappa shape index (κ3) is 7.64. The Morgan fingerprint density at radius 3 is 2.59 bits per heavy atom. The number of fused-ring (bicyclic) bond motifs is 2. The highest BCUT2D eigenvalue weighted by Crippen LogP contribution is 2.45. The molecule has 4 heterocycles. The van der Waals surface area contributed by atoms with E-state index in [2.05, 4.69) is 30.6 Å². The Morgan fingerprint density at radius 1 is 1.13 bits per heavy atom. The van der Waals surface area contributed by atoms with E-state index in [0.29, 0.717) is 18.7 Å². The quantitative estimate of drug-likeness (QED) is 0.156. The van der Waals surface area contributed by atoms with Crippen molar-refractivity contribution in [3.8, 4) is 11.9 Å². The van der Waals surface area contributed by atoms with Crippen molar-refractivity contribution in [1.82, 2.24) is 34.3 Å². The highest BCUT2D eigenvalue weighted by atomic mass is 32.2. The van der Waals surface area contributed by atoms with Gasteiger partial charge in [-0.15, -0.1) is 5.10 Å². The SMILES string of the molecule is CC[C@@H]1CN(Cc2cc([C@@H](c3ccc4c(nnn4CC)c3C)C(C)(C)C(=O)Nc3cnc(OCC(N)CO)nc3)ccc2C)S(=O)(=O)c2cccnc2O1. The normalized spacial score (nSPS) is 16.9. The number of aliphatic hydroxyl groups is 1. The number of aryl methyl sites for hydroxylation is 3. The predicted octanol–water partition coefficient (Wildman–Crippen LogP) is 4.11. The Bertz CT molecular complexity index is 2240. The molecule has 0 radical (unpaired) electrons. The molecule has 54 heavy (non-hydrogen) atoms. The number of carbonyl (C=O) groups excluding carboxylic acids is 1. The van der Waals surface area contributed by atoms with Crippen LogP contribution in [-0.4, -0.2) is 85.6 Å². The standard InChI is InChI=1S/C38H47N9O6S/c1-7-29-20-46(54(50,51)32-10-9-15-40-35(32)53-29)19-26-16-25(12-11-23(26)3)33(30-13-14-31-34(24(30)4)44-45-47(31)8-2)38(5,6)36(49)43-28-17-41-37(42-18-28)52-22-27(39)21-48/h9-18,27,29,33,48H,7-8,19-22,39H2,1-6H3,(H,43,49)/t27?,29-,33+/m1/s1. The van der Waals surface area contributed by atoms with Gasteiger partial charge in [-0.1, -0.05) is 50.3 Å². The molecular weight excluding hydrogens is 711 g/mol. The highest BCUT2D eigenvalue weighted by Gasteiger charge is 2.41. The number of aliphatic hydroxyl groups excluding tert-OH is 1. The van der Waals surface area contributed by atoms with Crippen molar-refractivity contribution in [2.75, 3.05) is 25.1 Å². The Labute approximate surface area is 315 Å². The fraction of sp³-hybridized carbons (Fsp3) is 0.421. The first-order valence-electron chi connectivity index (χ1n) is 17.9. The van der Waals surface area contributed by atoms with E-state index < -0.39 is 27.4 Å². The highest BCUT2D eigenvalue weighted by molar-refractivity contribution is 7.89. The Morgan fingerprint density at radius 2 is 1.89 bits per heavy atom. The van der Waals surface area contributed by atoms with Gasteiger partial charge in [0.15, 0.2) is 0 Å². The number of benzene rings is 2. The van der Waals surface area contributed by atoms with E-state index in [1.54, 1.807) is 6.07 Å². The molecule has 15 nitrogen and oxygen atoms in total. The molecule has 1 amide bonds. The molecule has 6 rings (SSSR count). The summed E-state index contributed by atoms with van der Waals surface area (Å²) in [4.78, 5) is 27.0. The van der Waals surface area contributed by atoms with Gasteiger partial charge in [0.05, 0.1) is 48.2 Å². The Hall–Kier alpha value is -5.03. The summed E-state index contributed by atoms with van der Waals surface area (Å²) in [5.41, 5.74) is 10.9. The number of anilines is 1. The molecule has 1 unspecified atom stereocenters. The lowest BCUT2D eigenvalue weighted by atomic mass is 9.69. The number of pyridine rings is 1. The number of carbonyl (C=O) groups is 1. The number of rotatable bonds is 13. The maximum atomic E-state index is 14.4. The van der Waals surface area contributed by atoms with Crippen LogP contribution in [0.5, 0.6) is 11.9 Å². The second-order valence-electron chi connectivity index (χ2n) is 14.1. The molecule has 286 valence electrons. The van der Waals surface area contributed by atoms with E-state index >= 15 is 0 Å². The first kappa shape index (κ1) is 38.7. The molecular formula is C38H47N9O6S. The van der Waals surface area contributed by atoms with Crippen LogP contribution in [0, 0.1) is 19.3 Å². The molecule has 0 aliphatic carbocycles. The number of amides is 1. The first-order chi connectivity index (χ1) is 25.8. The average molecular weight is 758 g/mol. The zero-order valence-corrected chi connectivity index (χ0v) is 32.2. The van der Waals surface area contributed by atoms with Gasteiger partial charge in [-0.2, -0.15) is 4.31 Å². The first-order valence-corrected chi connectivity index (χ1v) is 19.4. The number of hydrogen-bond donors (Lipinski definition) is 3. The predicted molar refractivity (Wildman–Crippen MR) is 202 cm³/mol. The van der Waals surface area contributed by atoms with Crippen molar-refractivity contribution in [3.05, 3.63) is 88.9 Å². The maximum absolute atomic E-state index is 14.4. The van der Waals surface area contributed by atoms with Crippen LogP contribution in [-0.2, 0) is 27.9 Å². The van der Waals surface area contributed by atoms with Crippen molar-refractivity contribution in [1.29, 1.82) is 0 Å². The van der Waals surface area contributed by atoms with Gasteiger partial charge in [0.25, 0.3) is 0 Å². The van der Waals surface area contributed by atoms with Crippen LogP contribution in [0.2, 0.25) is 0 Å². The van der Waals surface area contributed by atoms with Gasteiger partial charge in [-0.05, 0) is 73.2 Å². The van der Waals surface area contributed by atoms with Crippen molar-refractivity contribution in [2.24, 2.45) is 11.1 Å². The summed E-state index contributed by atoms with van der Waals surface area (Å²) >= 11 is 0. The van der Waals surface area contributed by atoms with Crippen LogP contribution in [0.15, 0.2) is 66.0 Å². The lowest BCUT2D eigenvalue weighted by Gasteiger charge is -2.35. The summed E-state index contributed by atoms with van der Waals surface area (Å²) in [6.07, 6.45) is 4.63. The Kier molecular flexibility index (Phi) is 11.3. The van der Waals surface area contributed by atoms with Gasteiger partial charge in [0, 0.05) is 25.2 Å². The molecule has 0 bridgehead atoms. The molecule has 0 saturated heterocycles. The van der Waals surface area contributed by atoms with E-state index in [9.17, 15) is 18.3 Å². The van der Waals surface area contributed by atoms with E-state index in [1.807, 2.05) is 76.6 Å². The summed E-state index contributed by atoms with van der Waals surface area (Å²) in [7, 11) is -3.96. The van der Waals surface area contributed by atoms with E-state index in [0.717, 1.165) is 38.9 Å². The van der Waals surface area contributed by atoms with Crippen molar-refractivity contribution in [2.45, 2.75) is 84.0 Å². The fourth-order valence-electron chi connectivity index (χ4n) is 6.74. The zero-order valence-electron chi connectivity index (χ0n) is 31.4. The van der Waals surface area contributed by atoms with Gasteiger partial charge in [-0.25, -0.2) is 28.1 Å². The molecule has 0 spiro atoms. The van der Waals surface area contributed by atoms with Gasteiger partial charge in [0.2, 0.25) is 21.8 Å². The van der Waals surface area contributed by atoms with Crippen molar-refractivity contribution in [3.63, 3.8) is 0 Å². The lowest BCUT2D eigenvalue weighted by molar-refractivity contribution is -0.124. The monoisotopic (exact) mass is 757 g/mol. The number of hydrogen-bond acceptors (Lipinski definition) is 12. The zero-order chi connectivity index (χ0) is 38.8. The second-order valence-corrected chi connectivity index (χ2v) is 16.0. The van der Waals surface area contributed by atoms with Gasteiger partial charge >= 0.3 is 6.01 Å². The molecule has 1 aliphatic heterocycles. The second kappa shape index (κ2) is 15.8. The molecule has 5 aromatic rings. The number of nitrogens with zero attached hydrogens (tertiary/aromatic N) is 7. The smallest absolute Gasteiger partial charge is 0.316 e. The number of nitrogens with one attached hydrogen (secondary N) is 1. The number of aromatic nitrogens is 6. The van der Waals surface area contributed by atoms with Crippen LogP contribution in [0.1, 0.15) is 67.9 Å². The van der Waals surface area contributed by atoms with E-state index in [1.165, 1.54) is 29.0 Å². The van der Waals surface area contributed by atoms with Crippen LogP contribution in [0.3, 0.4) is 0 Å². The van der Waals surface area contributed by atoms with Gasteiger partial charge < -0.3 is 25.6 Å². The summed E-state index contributed by atoms with van der Waals surface area (Å²) < 4.78 is 42.9. The summed E-state index contributed by atoms with van der Waals surface area (Å²) in [5, 5.41) is 21.0. The summed E-state index contributed by atoms with van der Waals surface area (Å²) in [6.45, 7) is 12.3. The topological polar surface area (TPSA) is 201 Å². The van der Waals surface area contributed by atoms with E-state index in [4.69, 9.17) is 15.2 Å². The third-order valence-electron chi connectivity index (χ3n) is 10.00. The minimum absolute atomic E-state index is 0.0340. The largest absolute Gasteiger partial charge is 0.472 e. The Balaban J connectivity index is 1.39. The molecule has 2 aromatic carbocycles. The minimum Gasteiger partial charge on any atom is -0.472 e. The van der Waals surface area contributed by atoms with Gasteiger partial charge in [0.1, 0.15) is 23.1 Å². The molecule has 3 aromatic heterocycles. The van der Waals surface area contributed by atoms with Crippen LogP contribution >= 0.6 is 0 Å². The minimum atomic E-state index is -3.96. The third-order valence-corrected chi connectivity index (χ3v) is 11.8. The number of sulfonamides is 1. The molecule has 1 aliphatic rings. The molecule has 0 saturated carbocycles. The lowest BCUT2D eigenvalue weighted by Crippen LogP contribution is -2.38. The van der Waals surface area contributed by atoms with Crippen LogP contribution < -0.4 is 20.5 Å². The molecule has 4 N–H and O–H groups in total. The summed E-state index contributed by atoms with van der Waals surface area (Å²) in [6, 6.07) is 12.6. The van der Waals surface area contributed by atoms with Crippen LogP contribution in [0.25, 0.3) is 11.0 Å². The molecule has 3 atom stereocenters. The molecule has 0 fully saturated rings. The van der Waals surface area contributed by atoms with Crippen molar-refractivity contribution >= 4 is 32.7 Å². The molecule has 16 heteroatoms. The summed E-state index contributed by atoms with van der Waals surface area (Å²) in [5.74, 6) is -0.712. The van der Waals surface area contributed by atoms with Gasteiger partial charge in [-0.3, -0.25) is 4.79 Å². The average Bonchev–Trinajstić information content (AvgIpc) is 3.55. The van der Waals surface area contributed by atoms with Crippen molar-refractivity contribution < 1.29 is 27.8 Å². The number of ether oxygens (including phenoxy) is 2. The van der Waals surface area contributed by atoms with Crippen LogP contribution in [0.4, 0.5) is 5.69 Å². The maximum Gasteiger partial charge on any atom is 0.316 e. The van der Waals surface area contributed by atoms with E-state index in [-0.39, 0.29) is 55.1 Å². The number of nitrogens with two attached hydrogens (primary N) is 1. The fourth-order valence-corrected chi connectivity index (χ4v) is 8.26.